The minimum absolute atomic E-state index is 0.0321. The molecule has 0 spiro atoms. The fourth-order valence-electron chi connectivity index (χ4n) is 1.84. The quantitative estimate of drug-likeness (QED) is 0.818. The topological polar surface area (TPSA) is 44.8 Å². The van der Waals surface area contributed by atoms with Crippen molar-refractivity contribution in [1.29, 1.82) is 0 Å². The first-order valence-electron chi connectivity index (χ1n) is 6.28. The van der Waals surface area contributed by atoms with E-state index in [1.54, 1.807) is 13.2 Å². The van der Waals surface area contributed by atoms with Gasteiger partial charge >= 0.3 is 0 Å². The maximum Gasteiger partial charge on any atom is 0.234 e. The summed E-state index contributed by atoms with van der Waals surface area (Å²) in [5.41, 5.74) is 0. The molecule has 0 radical (unpaired) electrons. The van der Waals surface area contributed by atoms with E-state index in [-0.39, 0.29) is 12.4 Å². The summed E-state index contributed by atoms with van der Waals surface area (Å²) in [4.78, 5) is 12.0. The fraction of sp³-hybridized carbons (Fsp3) is 0.400. The minimum atomic E-state index is -0.716. The molecule has 1 aromatic carbocycles. The summed E-state index contributed by atoms with van der Waals surface area (Å²) < 4.78 is 16.3. The first-order chi connectivity index (χ1) is 9.13. The Balaban J connectivity index is 1.92. The van der Waals surface area contributed by atoms with E-state index in [2.05, 4.69) is 0 Å². The molecule has 0 bridgehead atoms. The van der Waals surface area contributed by atoms with Crippen LogP contribution in [0.3, 0.4) is 0 Å². The number of allylic oxidation sites excluding steroid dienone is 1. The molecule has 0 fully saturated rings. The predicted octanol–water partition coefficient (Wildman–Crippen LogP) is 2.69. The zero-order chi connectivity index (χ0) is 13.7. The number of benzene rings is 1. The molecule has 1 unspecified atom stereocenters. The van der Waals surface area contributed by atoms with Gasteiger partial charge in [-0.05, 0) is 24.6 Å². The number of Topliss-reactive ketones (excluding diaryl/α,β-unsaturated/α-hetero) is 1. The molecule has 0 N–H and O–H groups in total. The van der Waals surface area contributed by atoms with E-state index in [4.69, 9.17) is 14.2 Å². The number of carbonyl (C=O) groups is 1. The second-order valence-corrected chi connectivity index (χ2v) is 4.57. The van der Waals surface area contributed by atoms with Crippen molar-refractivity contribution in [3.05, 3.63) is 42.2 Å². The second-order valence-electron chi connectivity index (χ2n) is 4.57. The highest BCUT2D eigenvalue weighted by Gasteiger charge is 2.31. The largest absolute Gasteiger partial charge is 0.485 e. The van der Waals surface area contributed by atoms with Gasteiger partial charge in [0.25, 0.3) is 0 Å². The number of hydrogen-bond donors (Lipinski definition) is 0. The van der Waals surface area contributed by atoms with Gasteiger partial charge in [0.15, 0.2) is 12.4 Å². The molecular formula is C15H18O4. The Morgan fingerprint density at radius 2 is 2.11 bits per heavy atom. The highest BCUT2D eigenvalue weighted by Crippen LogP contribution is 2.28. The van der Waals surface area contributed by atoms with Crippen LogP contribution in [0.1, 0.15) is 19.8 Å². The average Bonchev–Trinajstić information content (AvgIpc) is 2.46. The molecule has 4 nitrogen and oxygen atoms in total. The van der Waals surface area contributed by atoms with Gasteiger partial charge in [-0.1, -0.05) is 18.2 Å². The third kappa shape index (κ3) is 3.58. The smallest absolute Gasteiger partial charge is 0.234 e. The zero-order valence-corrected chi connectivity index (χ0v) is 11.2. The van der Waals surface area contributed by atoms with Gasteiger partial charge in [-0.3, -0.25) is 4.79 Å². The van der Waals surface area contributed by atoms with Crippen LogP contribution in [-0.4, -0.2) is 25.3 Å². The molecule has 1 heterocycles. The molecule has 0 amide bonds. The lowest BCUT2D eigenvalue weighted by molar-refractivity contribution is -0.197. The van der Waals surface area contributed by atoms with Crippen molar-refractivity contribution in [3.8, 4) is 5.75 Å². The van der Waals surface area contributed by atoms with Crippen LogP contribution in [0.4, 0.5) is 0 Å². The van der Waals surface area contributed by atoms with E-state index in [0.29, 0.717) is 11.5 Å². The van der Waals surface area contributed by atoms with Crippen molar-refractivity contribution < 1.29 is 19.0 Å². The Morgan fingerprint density at radius 1 is 1.37 bits per heavy atom. The van der Waals surface area contributed by atoms with Gasteiger partial charge in [-0.2, -0.15) is 0 Å². The van der Waals surface area contributed by atoms with Crippen LogP contribution >= 0.6 is 0 Å². The second kappa shape index (κ2) is 5.89. The standard InChI is InChI=1S/C15H18O4/c1-15(17-2)10-6-9-14(19-15)13(16)11-18-12-7-4-3-5-8-12/h3-5,7-9H,6,10-11H2,1-2H3. The van der Waals surface area contributed by atoms with Crippen molar-refractivity contribution >= 4 is 5.78 Å². The van der Waals surface area contributed by atoms with Crippen LogP contribution in [0.25, 0.3) is 0 Å². The van der Waals surface area contributed by atoms with Gasteiger partial charge in [-0.25, -0.2) is 0 Å². The van der Waals surface area contributed by atoms with Crippen molar-refractivity contribution in [2.24, 2.45) is 0 Å². The van der Waals surface area contributed by atoms with E-state index < -0.39 is 5.79 Å². The SMILES string of the molecule is COC1(C)CCC=C(C(=O)COc2ccccc2)O1. The summed E-state index contributed by atoms with van der Waals surface area (Å²) in [6.45, 7) is 1.79. The summed E-state index contributed by atoms with van der Waals surface area (Å²) in [6.07, 6.45) is 3.29. The molecule has 4 heteroatoms. The summed E-state index contributed by atoms with van der Waals surface area (Å²) in [6, 6.07) is 9.23. The maximum absolute atomic E-state index is 12.0. The van der Waals surface area contributed by atoms with Gasteiger partial charge in [0.05, 0.1) is 0 Å². The van der Waals surface area contributed by atoms with E-state index in [1.165, 1.54) is 0 Å². The Bertz CT molecular complexity index is 466. The highest BCUT2D eigenvalue weighted by molar-refractivity contribution is 5.94. The molecule has 1 aliphatic rings. The lowest BCUT2D eigenvalue weighted by atomic mass is 10.1. The van der Waals surface area contributed by atoms with Crippen molar-refractivity contribution in [2.45, 2.75) is 25.6 Å². The molecule has 0 aliphatic carbocycles. The number of rotatable bonds is 5. The van der Waals surface area contributed by atoms with Crippen molar-refractivity contribution in [1.82, 2.24) is 0 Å². The van der Waals surface area contributed by atoms with E-state index in [0.717, 1.165) is 12.8 Å². The molecule has 2 rings (SSSR count). The predicted molar refractivity (Wildman–Crippen MR) is 70.8 cm³/mol. The summed E-state index contributed by atoms with van der Waals surface area (Å²) in [7, 11) is 1.58. The van der Waals surface area contributed by atoms with Crippen LogP contribution in [0.15, 0.2) is 42.2 Å². The van der Waals surface area contributed by atoms with Crippen LogP contribution in [0, 0.1) is 0 Å². The normalized spacial score (nSPS) is 22.3. The van der Waals surface area contributed by atoms with Gasteiger partial charge in [0.2, 0.25) is 11.6 Å². The Kier molecular flexibility index (Phi) is 4.22. The molecule has 0 saturated heterocycles. The zero-order valence-electron chi connectivity index (χ0n) is 11.2. The number of ketones is 1. The lowest BCUT2D eigenvalue weighted by Gasteiger charge is -2.32. The third-order valence-electron chi connectivity index (χ3n) is 3.07. The van der Waals surface area contributed by atoms with Gasteiger partial charge in [0, 0.05) is 20.5 Å². The number of ether oxygens (including phenoxy) is 3. The van der Waals surface area contributed by atoms with Gasteiger partial charge in [0.1, 0.15) is 5.75 Å². The summed E-state index contributed by atoms with van der Waals surface area (Å²) in [5.74, 6) is 0.104. The third-order valence-corrected chi connectivity index (χ3v) is 3.07. The minimum Gasteiger partial charge on any atom is -0.485 e. The van der Waals surface area contributed by atoms with Crippen LogP contribution < -0.4 is 4.74 Å². The van der Waals surface area contributed by atoms with Crippen LogP contribution in [0.2, 0.25) is 0 Å². The first-order valence-corrected chi connectivity index (χ1v) is 6.28. The molecule has 1 atom stereocenters. The Labute approximate surface area is 113 Å². The van der Waals surface area contributed by atoms with Gasteiger partial charge < -0.3 is 14.2 Å². The Hall–Kier alpha value is -1.81. The van der Waals surface area contributed by atoms with E-state index in [9.17, 15) is 4.79 Å². The highest BCUT2D eigenvalue weighted by atomic mass is 16.7. The average molecular weight is 262 g/mol. The molecule has 1 aliphatic heterocycles. The number of methoxy groups -OCH3 is 1. The van der Waals surface area contributed by atoms with Crippen LogP contribution in [0.5, 0.6) is 5.75 Å². The number of carbonyl (C=O) groups excluding carboxylic acids is 1. The monoisotopic (exact) mass is 262 g/mol. The van der Waals surface area contributed by atoms with E-state index in [1.807, 2.05) is 37.3 Å². The molecule has 1 aromatic rings. The summed E-state index contributed by atoms with van der Waals surface area (Å²) in [5, 5.41) is 0. The molecule has 19 heavy (non-hydrogen) atoms. The van der Waals surface area contributed by atoms with Crippen molar-refractivity contribution in [3.63, 3.8) is 0 Å². The fourth-order valence-corrected chi connectivity index (χ4v) is 1.84. The molecule has 0 aromatic heterocycles. The van der Waals surface area contributed by atoms with E-state index >= 15 is 0 Å². The maximum atomic E-state index is 12.0. The molecule has 102 valence electrons. The Morgan fingerprint density at radius 3 is 2.79 bits per heavy atom. The summed E-state index contributed by atoms with van der Waals surface area (Å²) >= 11 is 0. The first kappa shape index (κ1) is 13.6. The molecule has 0 saturated carbocycles. The van der Waals surface area contributed by atoms with Crippen LogP contribution in [-0.2, 0) is 14.3 Å². The van der Waals surface area contributed by atoms with Crippen molar-refractivity contribution in [2.75, 3.05) is 13.7 Å². The lowest BCUT2D eigenvalue weighted by Crippen LogP contribution is -2.35. The molecular weight excluding hydrogens is 244 g/mol. The van der Waals surface area contributed by atoms with Gasteiger partial charge in [-0.15, -0.1) is 0 Å². The number of para-hydroxylation sites is 1. The number of hydrogen-bond acceptors (Lipinski definition) is 4.